The third-order valence-electron chi connectivity index (χ3n) is 4.92. The van der Waals surface area contributed by atoms with E-state index in [9.17, 15) is 9.59 Å². The van der Waals surface area contributed by atoms with Crippen molar-refractivity contribution in [3.8, 4) is 0 Å². The molecular weight excluding hydrogens is 394 g/mol. The van der Waals surface area contributed by atoms with Crippen LogP contribution in [0.25, 0.3) is 16.5 Å². The number of nitrogens with zero attached hydrogens (tertiary/aromatic N) is 1. The van der Waals surface area contributed by atoms with Gasteiger partial charge < -0.3 is 15.5 Å². The molecule has 152 valence electrons. The first-order valence-corrected chi connectivity index (χ1v) is 10.9. The van der Waals surface area contributed by atoms with E-state index in [0.29, 0.717) is 18.8 Å². The van der Waals surface area contributed by atoms with Crippen molar-refractivity contribution in [2.75, 3.05) is 30.7 Å². The smallest absolute Gasteiger partial charge is 0.240 e. The lowest BCUT2D eigenvalue weighted by Crippen LogP contribution is -2.42. The Morgan fingerprint density at radius 1 is 0.933 bits per heavy atom. The summed E-state index contributed by atoms with van der Waals surface area (Å²) >= 11 is 1.46. The Morgan fingerprint density at radius 3 is 2.57 bits per heavy atom. The van der Waals surface area contributed by atoms with Crippen molar-refractivity contribution in [1.82, 2.24) is 10.2 Å². The average molecular weight is 418 g/mol. The molecule has 4 rings (SSSR count). The minimum atomic E-state index is -0.170. The minimum absolute atomic E-state index is 0.0222. The standard InChI is InChI=1S/C24H23N3O2S/c28-23(15-27-22(16-30-17-24(27)29)19-8-2-1-3-9-19)26-14-13-25-21-12-6-10-18-7-4-5-11-20(18)21/h1-12,16,25H,13-15,17H2,(H,26,28). The molecule has 0 spiro atoms. The van der Waals surface area contributed by atoms with E-state index in [2.05, 4.69) is 28.8 Å². The highest BCUT2D eigenvalue weighted by molar-refractivity contribution is 8.03. The van der Waals surface area contributed by atoms with Crippen molar-refractivity contribution in [3.63, 3.8) is 0 Å². The third kappa shape index (κ3) is 4.66. The molecule has 0 bridgehead atoms. The summed E-state index contributed by atoms with van der Waals surface area (Å²) in [6.45, 7) is 1.10. The number of hydrogen-bond acceptors (Lipinski definition) is 4. The van der Waals surface area contributed by atoms with Crippen molar-refractivity contribution in [2.45, 2.75) is 0 Å². The lowest BCUT2D eigenvalue weighted by molar-refractivity contribution is -0.131. The third-order valence-corrected chi connectivity index (χ3v) is 5.72. The highest BCUT2D eigenvalue weighted by atomic mass is 32.2. The van der Waals surface area contributed by atoms with Crippen molar-refractivity contribution >= 4 is 45.7 Å². The number of nitrogens with one attached hydrogen (secondary N) is 2. The zero-order valence-electron chi connectivity index (χ0n) is 16.5. The monoisotopic (exact) mass is 417 g/mol. The molecule has 0 saturated carbocycles. The van der Waals surface area contributed by atoms with Gasteiger partial charge in [0.2, 0.25) is 11.8 Å². The highest BCUT2D eigenvalue weighted by Crippen LogP contribution is 2.27. The fourth-order valence-corrected chi connectivity index (χ4v) is 4.26. The zero-order valence-corrected chi connectivity index (χ0v) is 17.3. The Morgan fingerprint density at radius 2 is 1.70 bits per heavy atom. The van der Waals surface area contributed by atoms with E-state index in [1.54, 1.807) is 4.90 Å². The largest absolute Gasteiger partial charge is 0.383 e. The second kappa shape index (κ2) is 9.50. The van der Waals surface area contributed by atoms with Crippen molar-refractivity contribution < 1.29 is 9.59 Å². The molecule has 1 aliphatic heterocycles. The summed E-state index contributed by atoms with van der Waals surface area (Å²) in [5.74, 6) is 0.133. The van der Waals surface area contributed by atoms with Gasteiger partial charge in [-0.2, -0.15) is 0 Å². The predicted molar refractivity (Wildman–Crippen MR) is 124 cm³/mol. The summed E-state index contributed by atoms with van der Waals surface area (Å²) < 4.78 is 0. The maximum absolute atomic E-state index is 12.5. The maximum atomic E-state index is 12.5. The number of rotatable bonds is 7. The lowest BCUT2D eigenvalue weighted by Gasteiger charge is -2.28. The van der Waals surface area contributed by atoms with E-state index in [-0.39, 0.29) is 18.4 Å². The molecule has 1 aliphatic rings. The fraction of sp³-hybridized carbons (Fsp3) is 0.167. The van der Waals surface area contributed by atoms with Gasteiger partial charge in [0.15, 0.2) is 0 Å². The van der Waals surface area contributed by atoms with Gasteiger partial charge in [0.1, 0.15) is 6.54 Å². The number of hydrogen-bond donors (Lipinski definition) is 2. The fourth-order valence-electron chi connectivity index (χ4n) is 3.45. The van der Waals surface area contributed by atoms with Crippen molar-refractivity contribution in [1.29, 1.82) is 0 Å². The molecule has 0 saturated heterocycles. The molecule has 5 nitrogen and oxygen atoms in total. The van der Waals surface area contributed by atoms with E-state index >= 15 is 0 Å². The predicted octanol–water partition coefficient (Wildman–Crippen LogP) is 3.94. The van der Waals surface area contributed by atoms with Gasteiger partial charge in [-0.05, 0) is 22.4 Å². The first kappa shape index (κ1) is 20.0. The summed E-state index contributed by atoms with van der Waals surface area (Å²) in [5, 5.41) is 10.6. The Bertz CT molecular complexity index is 1080. The number of carbonyl (C=O) groups is 2. The minimum Gasteiger partial charge on any atom is -0.383 e. The SMILES string of the molecule is O=C(CN1C(=O)CSC=C1c1ccccc1)NCCNc1cccc2ccccc12. The van der Waals surface area contributed by atoms with Crippen LogP contribution in [0.15, 0.2) is 78.2 Å². The van der Waals surface area contributed by atoms with Crippen LogP contribution in [0.3, 0.4) is 0 Å². The van der Waals surface area contributed by atoms with Crippen LogP contribution < -0.4 is 10.6 Å². The first-order chi connectivity index (χ1) is 14.7. The van der Waals surface area contributed by atoms with Gasteiger partial charge in [0, 0.05) is 24.2 Å². The molecule has 3 aromatic carbocycles. The van der Waals surface area contributed by atoms with E-state index < -0.39 is 0 Å². The second-order valence-corrected chi connectivity index (χ2v) is 7.82. The molecular formula is C24H23N3O2S. The summed E-state index contributed by atoms with van der Waals surface area (Å²) in [7, 11) is 0. The zero-order chi connectivity index (χ0) is 20.8. The first-order valence-electron chi connectivity index (χ1n) is 9.88. The van der Waals surface area contributed by atoms with Crippen molar-refractivity contribution in [3.05, 3.63) is 83.8 Å². The van der Waals surface area contributed by atoms with Crippen LogP contribution in [0.5, 0.6) is 0 Å². The molecule has 0 radical (unpaired) electrons. The van der Waals surface area contributed by atoms with Crippen LogP contribution in [0.1, 0.15) is 5.56 Å². The van der Waals surface area contributed by atoms with Crippen molar-refractivity contribution in [2.24, 2.45) is 0 Å². The normalized spacial score (nSPS) is 13.8. The Hall–Kier alpha value is -3.25. The van der Waals surface area contributed by atoms with Gasteiger partial charge in [-0.15, -0.1) is 11.8 Å². The Balaban J connectivity index is 1.32. The summed E-state index contributed by atoms with van der Waals surface area (Å²) in [5.41, 5.74) is 2.75. The van der Waals surface area contributed by atoms with E-state index in [0.717, 1.165) is 22.3 Å². The number of amides is 2. The van der Waals surface area contributed by atoms with E-state index in [1.807, 2.05) is 60.0 Å². The molecule has 1 heterocycles. The van der Waals surface area contributed by atoms with Gasteiger partial charge in [-0.1, -0.05) is 66.7 Å². The van der Waals surface area contributed by atoms with Crippen LogP contribution in [-0.4, -0.2) is 42.1 Å². The molecule has 2 N–H and O–H groups in total. The maximum Gasteiger partial charge on any atom is 0.240 e. The summed E-state index contributed by atoms with van der Waals surface area (Å²) in [4.78, 5) is 26.5. The Kier molecular flexibility index (Phi) is 6.35. The molecule has 0 aromatic heterocycles. The second-order valence-electron chi connectivity index (χ2n) is 6.96. The van der Waals surface area contributed by atoms with Crippen LogP contribution >= 0.6 is 11.8 Å². The topological polar surface area (TPSA) is 61.4 Å². The van der Waals surface area contributed by atoms with E-state index in [4.69, 9.17) is 0 Å². The van der Waals surface area contributed by atoms with Crippen LogP contribution in [0.2, 0.25) is 0 Å². The summed E-state index contributed by atoms with van der Waals surface area (Å²) in [6, 6.07) is 24.0. The summed E-state index contributed by atoms with van der Waals surface area (Å²) in [6.07, 6.45) is 0. The number of fused-ring (bicyclic) bond motifs is 1. The molecule has 3 aromatic rings. The molecule has 6 heteroatoms. The molecule has 0 fully saturated rings. The highest BCUT2D eigenvalue weighted by Gasteiger charge is 2.25. The van der Waals surface area contributed by atoms with E-state index in [1.165, 1.54) is 17.1 Å². The molecule has 0 atom stereocenters. The van der Waals surface area contributed by atoms with Gasteiger partial charge in [0.25, 0.3) is 0 Å². The van der Waals surface area contributed by atoms with Gasteiger partial charge in [-0.25, -0.2) is 0 Å². The number of thioether (sulfide) groups is 1. The van der Waals surface area contributed by atoms with Gasteiger partial charge in [-0.3, -0.25) is 9.59 Å². The van der Waals surface area contributed by atoms with Crippen LogP contribution in [-0.2, 0) is 9.59 Å². The lowest BCUT2D eigenvalue weighted by atomic mass is 10.1. The number of anilines is 1. The number of benzene rings is 3. The molecule has 0 aliphatic carbocycles. The van der Waals surface area contributed by atoms with Gasteiger partial charge >= 0.3 is 0 Å². The van der Waals surface area contributed by atoms with Gasteiger partial charge in [0.05, 0.1) is 11.4 Å². The Labute approximate surface area is 180 Å². The number of carbonyl (C=O) groups excluding carboxylic acids is 2. The molecule has 30 heavy (non-hydrogen) atoms. The quantitative estimate of drug-likeness (QED) is 0.572. The average Bonchev–Trinajstić information content (AvgIpc) is 2.79. The molecule has 0 unspecified atom stereocenters. The molecule has 2 amide bonds. The van der Waals surface area contributed by atoms with Crippen LogP contribution in [0.4, 0.5) is 5.69 Å². The van der Waals surface area contributed by atoms with Crippen LogP contribution in [0, 0.1) is 0 Å².